The average molecular weight is 1500 g/mol. The van der Waals surface area contributed by atoms with Crippen molar-refractivity contribution in [3.8, 4) is 56.4 Å². The number of hydrogen-bond donors (Lipinski definition) is 0. The van der Waals surface area contributed by atoms with Crippen LogP contribution in [0.25, 0.3) is 229 Å². The number of aromatic nitrogens is 6. The minimum atomic E-state index is 0.902. The molecule has 0 atom stereocenters. The summed E-state index contributed by atoms with van der Waals surface area (Å²) in [7, 11) is 0. The van der Waals surface area contributed by atoms with E-state index in [1.807, 2.05) is 23.5 Å². The highest BCUT2D eigenvalue weighted by Crippen LogP contribution is 2.46. The van der Waals surface area contributed by atoms with E-state index in [9.17, 15) is 0 Å². The van der Waals surface area contributed by atoms with Crippen LogP contribution in [0.15, 0.2) is 405 Å². The van der Waals surface area contributed by atoms with Crippen LogP contribution in [0.5, 0.6) is 0 Å². The molecule has 0 saturated heterocycles. The number of thiophene rings is 1. The van der Waals surface area contributed by atoms with Crippen molar-refractivity contribution in [1.29, 1.82) is 0 Å². The Bertz CT molecular complexity index is 8110. The van der Waals surface area contributed by atoms with Gasteiger partial charge in [0.15, 0.2) is 0 Å². The highest BCUT2D eigenvalue weighted by molar-refractivity contribution is 7.25. The third kappa shape index (κ3) is 9.65. The third-order valence-corrected chi connectivity index (χ3v) is 25.6. The zero-order chi connectivity index (χ0) is 75.8. The summed E-state index contributed by atoms with van der Waals surface area (Å²) in [6, 6.07) is 146. The summed E-state index contributed by atoms with van der Waals surface area (Å²) in [4.78, 5) is 0. The van der Waals surface area contributed by atoms with Crippen molar-refractivity contribution < 1.29 is 4.42 Å². The summed E-state index contributed by atoms with van der Waals surface area (Å²) >= 11 is 1.86. The fourth-order valence-electron chi connectivity index (χ4n) is 19.3. The lowest BCUT2D eigenvalue weighted by molar-refractivity contribution is 0.669. The van der Waals surface area contributed by atoms with E-state index in [1.165, 1.54) is 190 Å². The van der Waals surface area contributed by atoms with Crippen LogP contribution in [-0.2, 0) is 0 Å². The van der Waals surface area contributed by atoms with Gasteiger partial charge in [0.05, 0.1) is 66.2 Å². The van der Waals surface area contributed by atoms with Crippen LogP contribution in [-0.4, -0.2) is 27.4 Å². The highest BCUT2D eigenvalue weighted by atomic mass is 32.1. The summed E-state index contributed by atoms with van der Waals surface area (Å²) < 4.78 is 23.3. The first kappa shape index (κ1) is 64.4. The summed E-state index contributed by atoms with van der Waals surface area (Å²) in [5, 5.41) is 19.8. The second kappa shape index (κ2) is 25.1. The normalized spacial score (nSPS) is 12.1. The minimum Gasteiger partial charge on any atom is -0.456 e. The molecular formula is C108H66N6OS. The van der Waals surface area contributed by atoms with E-state index in [1.54, 1.807) is 0 Å². The molecule has 0 N–H and O–H groups in total. The second-order valence-electron chi connectivity index (χ2n) is 30.7. The van der Waals surface area contributed by atoms with Gasteiger partial charge >= 0.3 is 0 Å². The van der Waals surface area contributed by atoms with Gasteiger partial charge in [0, 0.05) is 130 Å². The van der Waals surface area contributed by atoms with Crippen LogP contribution >= 0.6 is 11.3 Å². The predicted molar refractivity (Wildman–Crippen MR) is 490 cm³/mol. The van der Waals surface area contributed by atoms with Crippen LogP contribution in [0.1, 0.15) is 0 Å². The third-order valence-electron chi connectivity index (χ3n) is 24.5. The number of para-hydroxylation sites is 9. The molecule has 0 aliphatic carbocycles. The van der Waals surface area contributed by atoms with Gasteiger partial charge in [0.1, 0.15) is 11.2 Å². The molecule has 0 aliphatic rings. The number of fused-ring (bicyclic) bond motifs is 24. The summed E-state index contributed by atoms with van der Waals surface area (Å²) in [6.07, 6.45) is 0. The first-order chi connectivity index (χ1) is 57.5. The zero-order valence-electron chi connectivity index (χ0n) is 62.6. The summed E-state index contributed by atoms with van der Waals surface area (Å²) in [5.74, 6) is 0. The van der Waals surface area contributed by atoms with E-state index >= 15 is 0 Å². The van der Waals surface area contributed by atoms with Gasteiger partial charge in [0.25, 0.3) is 0 Å². The molecule has 26 aromatic rings. The maximum Gasteiger partial charge on any atom is 0.135 e. The quantitative estimate of drug-likeness (QED) is 0.149. The minimum absolute atomic E-state index is 0.902. The van der Waals surface area contributed by atoms with E-state index in [0.717, 1.165) is 39.0 Å². The van der Waals surface area contributed by atoms with Crippen molar-refractivity contribution >= 4 is 184 Å². The summed E-state index contributed by atoms with van der Waals surface area (Å²) in [5.41, 5.74) is 28.0. The number of hydrogen-bond acceptors (Lipinski definition) is 2. The standard InChI is InChI=1S/C54H33N3O.C54H33N3S/c2*1-2-12-36(13-3-1)55-47-18-8-4-14-39(47)43-30-34(22-26-50(43)55)35-23-27-51-44(31-35)40-15-5-9-19-48(40)56(51)37-24-28-52-45(32-37)41-16-6-10-20-49(41)57(52)38-25-29-54-46(33-38)42-17-7-11-21-53(42)58-54/h2*1-33H. The molecular weight excluding hydrogens is 1430 g/mol. The molecule has 116 heavy (non-hydrogen) atoms. The Kier molecular flexibility index (Phi) is 14.0. The number of nitrogens with zero attached hydrogens (tertiary/aromatic N) is 6. The highest BCUT2D eigenvalue weighted by Gasteiger charge is 2.24. The SMILES string of the molecule is c1ccc(-n2c3ccccc3c3cc(-c4ccc5c(c4)c4ccccc4n5-c4ccc5c(c4)c4ccccc4n5-c4ccc5oc6ccccc6c5c4)ccc32)cc1.c1ccc(-n2c3ccccc3c3cc(-c4ccc5c(c4)c4ccccc4n5-c4ccc5c(c4)c4ccccc4n5-c4ccc5sc6ccccc6c5c4)ccc32)cc1. The Morgan fingerprint density at radius 3 is 0.784 bits per heavy atom. The van der Waals surface area contributed by atoms with Crippen LogP contribution in [0.3, 0.4) is 0 Å². The molecule has 8 aromatic heterocycles. The van der Waals surface area contributed by atoms with Crippen molar-refractivity contribution in [1.82, 2.24) is 27.4 Å². The smallest absolute Gasteiger partial charge is 0.135 e. The van der Waals surface area contributed by atoms with Gasteiger partial charge in [-0.15, -0.1) is 11.3 Å². The lowest BCUT2D eigenvalue weighted by Gasteiger charge is -2.11. The van der Waals surface area contributed by atoms with Crippen molar-refractivity contribution in [2.24, 2.45) is 0 Å². The molecule has 18 aromatic carbocycles. The fraction of sp³-hybridized carbons (Fsp3) is 0. The van der Waals surface area contributed by atoms with Crippen molar-refractivity contribution in [3.63, 3.8) is 0 Å². The Balaban J connectivity index is 0.000000130. The molecule has 0 bridgehead atoms. The van der Waals surface area contributed by atoms with Gasteiger partial charge in [0.2, 0.25) is 0 Å². The zero-order valence-corrected chi connectivity index (χ0v) is 63.4. The molecule has 0 unspecified atom stereocenters. The molecule has 26 rings (SSSR count). The number of furan rings is 1. The van der Waals surface area contributed by atoms with Crippen molar-refractivity contribution in [2.45, 2.75) is 0 Å². The maximum atomic E-state index is 6.20. The Labute approximate surface area is 668 Å². The topological polar surface area (TPSA) is 42.7 Å². The first-order valence-corrected chi connectivity index (χ1v) is 40.5. The average Bonchev–Trinajstić information content (AvgIpc) is 1.57. The van der Waals surface area contributed by atoms with Crippen LogP contribution < -0.4 is 0 Å². The van der Waals surface area contributed by atoms with Gasteiger partial charge < -0.3 is 31.8 Å². The van der Waals surface area contributed by atoms with Crippen LogP contribution in [0.4, 0.5) is 0 Å². The molecule has 0 amide bonds. The Morgan fingerprint density at radius 2 is 0.397 bits per heavy atom. The summed E-state index contributed by atoms with van der Waals surface area (Å²) in [6.45, 7) is 0. The van der Waals surface area contributed by atoms with E-state index in [4.69, 9.17) is 4.42 Å². The molecule has 0 spiro atoms. The lowest BCUT2D eigenvalue weighted by Crippen LogP contribution is -1.96. The first-order valence-electron chi connectivity index (χ1n) is 39.7. The molecule has 0 fully saturated rings. The van der Waals surface area contributed by atoms with Gasteiger partial charge in [-0.2, -0.15) is 0 Å². The van der Waals surface area contributed by atoms with Gasteiger partial charge in [-0.05, 0) is 216 Å². The fourth-order valence-corrected chi connectivity index (χ4v) is 20.4. The molecule has 8 heteroatoms. The van der Waals surface area contributed by atoms with Gasteiger partial charge in [-0.1, -0.05) is 206 Å². The van der Waals surface area contributed by atoms with Crippen molar-refractivity contribution in [3.05, 3.63) is 400 Å². The van der Waals surface area contributed by atoms with Crippen molar-refractivity contribution in [2.75, 3.05) is 0 Å². The monoisotopic (exact) mass is 1490 g/mol. The second-order valence-corrected chi connectivity index (χ2v) is 31.8. The van der Waals surface area contributed by atoms with E-state index < -0.39 is 0 Å². The van der Waals surface area contributed by atoms with E-state index in [2.05, 4.69) is 416 Å². The largest absolute Gasteiger partial charge is 0.456 e. The molecule has 0 saturated carbocycles. The molecule has 8 heterocycles. The van der Waals surface area contributed by atoms with Gasteiger partial charge in [-0.3, -0.25) is 0 Å². The molecule has 0 aliphatic heterocycles. The molecule has 540 valence electrons. The predicted octanol–water partition coefficient (Wildman–Crippen LogP) is 29.6. The molecule has 7 nitrogen and oxygen atoms in total. The molecule has 0 radical (unpaired) electrons. The van der Waals surface area contributed by atoms with Crippen LogP contribution in [0, 0.1) is 0 Å². The number of rotatable bonds is 8. The van der Waals surface area contributed by atoms with Crippen LogP contribution in [0.2, 0.25) is 0 Å². The lowest BCUT2D eigenvalue weighted by atomic mass is 10.0. The Morgan fingerprint density at radius 1 is 0.147 bits per heavy atom. The maximum absolute atomic E-state index is 6.20. The van der Waals surface area contributed by atoms with Gasteiger partial charge in [-0.25, -0.2) is 0 Å². The van der Waals surface area contributed by atoms with E-state index in [-0.39, 0.29) is 0 Å². The van der Waals surface area contributed by atoms with E-state index in [0.29, 0.717) is 0 Å². The Hall–Kier alpha value is -15.2. The number of benzene rings is 18.